The molecule has 0 bridgehead atoms. The Hall–Kier alpha value is -1.92. The molecule has 6 nitrogen and oxygen atoms in total. The lowest BCUT2D eigenvalue weighted by atomic mass is 10.1. The second kappa shape index (κ2) is 9.39. The van der Waals surface area contributed by atoms with E-state index >= 15 is 0 Å². The predicted molar refractivity (Wildman–Crippen MR) is 93.3 cm³/mol. The largest absolute Gasteiger partial charge is 0.379 e. The second-order valence-corrected chi connectivity index (χ2v) is 6.07. The number of morpholine rings is 1. The maximum Gasteiger partial charge on any atom is 0.251 e. The number of hydrogen-bond donors (Lipinski definition) is 2. The van der Waals surface area contributed by atoms with E-state index in [-0.39, 0.29) is 17.9 Å². The Morgan fingerprint density at radius 1 is 1.12 bits per heavy atom. The first-order valence-corrected chi connectivity index (χ1v) is 8.59. The SMILES string of the molecule is CCC(C)NC(=O)c1ccc(C(=O)NCCN2CCOCC2)cc1. The number of rotatable bonds is 7. The lowest BCUT2D eigenvalue weighted by Crippen LogP contribution is -2.41. The quantitative estimate of drug-likeness (QED) is 0.788. The van der Waals surface area contributed by atoms with Crippen LogP contribution in [0.4, 0.5) is 0 Å². The molecule has 1 aliphatic heterocycles. The number of carbonyl (C=O) groups excluding carboxylic acids is 2. The average molecular weight is 333 g/mol. The Kier molecular flexibility index (Phi) is 7.21. The maximum absolute atomic E-state index is 12.1. The van der Waals surface area contributed by atoms with Crippen LogP contribution in [0.15, 0.2) is 24.3 Å². The first-order chi connectivity index (χ1) is 11.6. The van der Waals surface area contributed by atoms with Gasteiger partial charge in [-0.05, 0) is 37.6 Å². The van der Waals surface area contributed by atoms with Crippen molar-refractivity contribution < 1.29 is 14.3 Å². The van der Waals surface area contributed by atoms with Gasteiger partial charge >= 0.3 is 0 Å². The van der Waals surface area contributed by atoms with E-state index < -0.39 is 0 Å². The van der Waals surface area contributed by atoms with Crippen molar-refractivity contribution in [2.75, 3.05) is 39.4 Å². The standard InChI is InChI=1S/C18H27N3O3/c1-3-14(2)20-18(23)16-6-4-15(5-7-16)17(22)19-8-9-21-10-12-24-13-11-21/h4-7,14H,3,8-13H2,1-2H3,(H,19,22)(H,20,23). The van der Waals surface area contributed by atoms with Crippen LogP contribution >= 0.6 is 0 Å². The Morgan fingerprint density at radius 3 is 2.29 bits per heavy atom. The minimum Gasteiger partial charge on any atom is -0.379 e. The zero-order valence-electron chi connectivity index (χ0n) is 14.5. The molecule has 2 rings (SSSR count). The number of nitrogens with zero attached hydrogens (tertiary/aromatic N) is 1. The summed E-state index contributed by atoms with van der Waals surface area (Å²) >= 11 is 0. The molecule has 1 aromatic carbocycles. The van der Waals surface area contributed by atoms with E-state index in [1.807, 2.05) is 13.8 Å². The molecule has 1 fully saturated rings. The molecule has 1 aromatic rings. The van der Waals surface area contributed by atoms with Crippen molar-refractivity contribution in [1.29, 1.82) is 0 Å². The molecule has 0 radical (unpaired) electrons. The fourth-order valence-electron chi connectivity index (χ4n) is 2.44. The smallest absolute Gasteiger partial charge is 0.251 e. The molecule has 24 heavy (non-hydrogen) atoms. The van der Waals surface area contributed by atoms with Crippen LogP contribution in [0.5, 0.6) is 0 Å². The zero-order valence-corrected chi connectivity index (χ0v) is 14.5. The van der Waals surface area contributed by atoms with Gasteiger partial charge in [0.25, 0.3) is 11.8 Å². The Bertz CT molecular complexity index is 539. The molecule has 132 valence electrons. The topological polar surface area (TPSA) is 70.7 Å². The monoisotopic (exact) mass is 333 g/mol. The van der Waals surface area contributed by atoms with Crippen LogP contribution in [-0.2, 0) is 4.74 Å². The van der Waals surface area contributed by atoms with Crippen LogP contribution in [0.3, 0.4) is 0 Å². The third-order valence-corrected chi connectivity index (χ3v) is 4.22. The van der Waals surface area contributed by atoms with Gasteiger partial charge < -0.3 is 15.4 Å². The van der Waals surface area contributed by atoms with Crippen molar-refractivity contribution >= 4 is 11.8 Å². The van der Waals surface area contributed by atoms with Crippen LogP contribution in [0.25, 0.3) is 0 Å². The molecule has 1 aliphatic rings. The van der Waals surface area contributed by atoms with Gasteiger partial charge in [0.15, 0.2) is 0 Å². The van der Waals surface area contributed by atoms with E-state index in [1.54, 1.807) is 24.3 Å². The molecule has 0 spiro atoms. The molecule has 0 aliphatic carbocycles. The number of benzene rings is 1. The molecule has 0 saturated carbocycles. The maximum atomic E-state index is 12.1. The van der Waals surface area contributed by atoms with Gasteiger partial charge in [-0.2, -0.15) is 0 Å². The van der Waals surface area contributed by atoms with Crippen molar-refractivity contribution in [2.24, 2.45) is 0 Å². The van der Waals surface area contributed by atoms with Gasteiger partial charge in [0, 0.05) is 43.3 Å². The number of nitrogens with one attached hydrogen (secondary N) is 2. The van der Waals surface area contributed by atoms with Crippen molar-refractivity contribution in [2.45, 2.75) is 26.3 Å². The van der Waals surface area contributed by atoms with Crippen molar-refractivity contribution in [3.05, 3.63) is 35.4 Å². The number of amides is 2. The lowest BCUT2D eigenvalue weighted by Gasteiger charge is -2.26. The molecule has 2 N–H and O–H groups in total. The summed E-state index contributed by atoms with van der Waals surface area (Å²) in [4.78, 5) is 26.4. The third-order valence-electron chi connectivity index (χ3n) is 4.22. The Balaban J connectivity index is 1.79. The minimum absolute atomic E-state index is 0.108. The summed E-state index contributed by atoms with van der Waals surface area (Å²) in [5.74, 6) is -0.222. The third kappa shape index (κ3) is 5.62. The number of hydrogen-bond acceptors (Lipinski definition) is 4. The van der Waals surface area contributed by atoms with Crippen molar-refractivity contribution in [3.8, 4) is 0 Å². The molecule has 1 saturated heterocycles. The van der Waals surface area contributed by atoms with Crippen LogP contribution in [-0.4, -0.2) is 62.1 Å². The molecule has 6 heteroatoms. The molecule has 2 amide bonds. The van der Waals surface area contributed by atoms with Gasteiger partial charge in [0.2, 0.25) is 0 Å². The van der Waals surface area contributed by atoms with E-state index in [2.05, 4.69) is 15.5 Å². The summed E-state index contributed by atoms with van der Waals surface area (Å²) in [6.07, 6.45) is 0.884. The minimum atomic E-state index is -0.114. The van der Waals surface area contributed by atoms with Gasteiger partial charge in [0.1, 0.15) is 0 Å². The Morgan fingerprint density at radius 2 is 1.71 bits per heavy atom. The van der Waals surface area contributed by atoms with Gasteiger partial charge in [-0.1, -0.05) is 6.92 Å². The Labute approximate surface area is 143 Å². The van der Waals surface area contributed by atoms with Crippen LogP contribution in [0.1, 0.15) is 41.0 Å². The molecule has 1 heterocycles. The molecular weight excluding hydrogens is 306 g/mol. The summed E-state index contributed by atoms with van der Waals surface area (Å²) in [6.45, 7) is 8.76. The zero-order chi connectivity index (χ0) is 17.4. The van der Waals surface area contributed by atoms with Gasteiger partial charge in [-0.25, -0.2) is 0 Å². The fourth-order valence-corrected chi connectivity index (χ4v) is 2.44. The van der Waals surface area contributed by atoms with Crippen molar-refractivity contribution in [3.63, 3.8) is 0 Å². The van der Waals surface area contributed by atoms with Gasteiger partial charge in [-0.3, -0.25) is 14.5 Å². The summed E-state index contributed by atoms with van der Waals surface area (Å²) in [5, 5.41) is 5.82. The highest BCUT2D eigenvalue weighted by Gasteiger charge is 2.12. The van der Waals surface area contributed by atoms with E-state index in [9.17, 15) is 9.59 Å². The highest BCUT2D eigenvalue weighted by Crippen LogP contribution is 2.05. The van der Waals surface area contributed by atoms with Crippen LogP contribution < -0.4 is 10.6 Å². The van der Waals surface area contributed by atoms with Gasteiger partial charge in [-0.15, -0.1) is 0 Å². The molecular formula is C18H27N3O3. The molecule has 1 unspecified atom stereocenters. The van der Waals surface area contributed by atoms with E-state index in [1.165, 1.54) is 0 Å². The number of carbonyl (C=O) groups is 2. The fraction of sp³-hybridized carbons (Fsp3) is 0.556. The lowest BCUT2D eigenvalue weighted by molar-refractivity contribution is 0.0383. The summed E-state index contributed by atoms with van der Waals surface area (Å²) in [5.41, 5.74) is 1.14. The second-order valence-electron chi connectivity index (χ2n) is 6.07. The molecule has 1 atom stereocenters. The van der Waals surface area contributed by atoms with E-state index in [4.69, 9.17) is 4.74 Å². The number of ether oxygens (including phenoxy) is 1. The summed E-state index contributed by atoms with van der Waals surface area (Å²) < 4.78 is 5.30. The summed E-state index contributed by atoms with van der Waals surface area (Å²) in [6, 6.07) is 6.90. The highest BCUT2D eigenvalue weighted by molar-refractivity contribution is 5.97. The highest BCUT2D eigenvalue weighted by atomic mass is 16.5. The van der Waals surface area contributed by atoms with Crippen molar-refractivity contribution in [1.82, 2.24) is 15.5 Å². The van der Waals surface area contributed by atoms with E-state index in [0.717, 1.165) is 39.3 Å². The van der Waals surface area contributed by atoms with E-state index in [0.29, 0.717) is 17.7 Å². The predicted octanol–water partition coefficient (Wildman–Crippen LogP) is 1.28. The molecule has 0 aromatic heterocycles. The average Bonchev–Trinajstić information content (AvgIpc) is 2.62. The first-order valence-electron chi connectivity index (χ1n) is 8.59. The normalized spacial score (nSPS) is 16.4. The van der Waals surface area contributed by atoms with Gasteiger partial charge in [0.05, 0.1) is 13.2 Å². The first kappa shape index (κ1) is 18.4. The van der Waals surface area contributed by atoms with Crippen LogP contribution in [0, 0.1) is 0 Å². The summed E-state index contributed by atoms with van der Waals surface area (Å²) in [7, 11) is 0. The van der Waals surface area contributed by atoms with Crippen LogP contribution in [0.2, 0.25) is 0 Å².